The van der Waals surface area contributed by atoms with Crippen LogP contribution in [0.3, 0.4) is 0 Å². The maximum absolute atomic E-state index is 12.2. The highest BCUT2D eigenvalue weighted by atomic mass is 32.2. The highest BCUT2D eigenvalue weighted by molar-refractivity contribution is 7.99. The van der Waals surface area contributed by atoms with Gasteiger partial charge >= 0.3 is 0 Å². The summed E-state index contributed by atoms with van der Waals surface area (Å²) in [6.07, 6.45) is 0. The molecular formula is C17H19N5OS2. The Labute approximate surface area is 154 Å². The summed E-state index contributed by atoms with van der Waals surface area (Å²) in [4.78, 5) is 13.3. The van der Waals surface area contributed by atoms with Crippen molar-refractivity contribution in [2.45, 2.75) is 32.0 Å². The molecule has 2 heterocycles. The predicted molar refractivity (Wildman–Crippen MR) is 100 cm³/mol. The van der Waals surface area contributed by atoms with E-state index in [1.807, 2.05) is 42.6 Å². The first kappa shape index (κ1) is 17.6. The third-order valence-electron chi connectivity index (χ3n) is 3.86. The van der Waals surface area contributed by atoms with E-state index in [4.69, 9.17) is 0 Å². The molecule has 2 aromatic heterocycles. The lowest BCUT2D eigenvalue weighted by Gasteiger charge is -2.12. The number of aromatic nitrogens is 4. The summed E-state index contributed by atoms with van der Waals surface area (Å²) < 4.78 is 1.66. The Hall–Kier alpha value is -2.19. The number of thioether (sulfide) groups is 1. The van der Waals surface area contributed by atoms with Crippen molar-refractivity contribution in [3.63, 3.8) is 0 Å². The summed E-state index contributed by atoms with van der Waals surface area (Å²) in [5, 5.41) is 17.4. The first-order chi connectivity index (χ1) is 12.0. The maximum Gasteiger partial charge on any atom is 0.230 e. The molecule has 0 aliphatic carbocycles. The zero-order chi connectivity index (χ0) is 17.8. The minimum atomic E-state index is -0.0412. The van der Waals surface area contributed by atoms with E-state index in [1.54, 1.807) is 16.0 Å². The van der Waals surface area contributed by atoms with Crippen LogP contribution in [0.15, 0.2) is 40.9 Å². The largest absolute Gasteiger partial charge is 0.348 e. The molecule has 25 heavy (non-hydrogen) atoms. The molecular weight excluding hydrogens is 354 g/mol. The summed E-state index contributed by atoms with van der Waals surface area (Å²) >= 11 is 2.96. The Kier molecular flexibility index (Phi) is 5.50. The number of hydrogen-bond donors (Lipinski definition) is 1. The van der Waals surface area contributed by atoms with Gasteiger partial charge in [-0.25, -0.2) is 0 Å². The zero-order valence-corrected chi connectivity index (χ0v) is 15.9. The quantitative estimate of drug-likeness (QED) is 0.671. The molecule has 0 saturated carbocycles. The standard InChI is InChI=1S/C17H19N5OS2/c1-11-6-7-14(9-12(11)2)22-17(19-20-21-22)25-10-16(23)18-13(3)15-5-4-8-24-15/h4-9,13H,10H2,1-3H3,(H,18,23)/t13-/m0/s1. The van der Waals surface area contributed by atoms with Crippen LogP contribution in [0.25, 0.3) is 5.69 Å². The SMILES string of the molecule is Cc1ccc(-n2nnnc2SCC(=O)N[C@@H](C)c2cccs2)cc1C. The number of nitrogens with zero attached hydrogens (tertiary/aromatic N) is 4. The second-order valence-electron chi connectivity index (χ2n) is 5.74. The van der Waals surface area contributed by atoms with Gasteiger partial charge in [-0.05, 0) is 65.9 Å². The van der Waals surface area contributed by atoms with E-state index >= 15 is 0 Å². The van der Waals surface area contributed by atoms with Gasteiger partial charge in [-0.1, -0.05) is 23.9 Å². The van der Waals surface area contributed by atoms with E-state index < -0.39 is 0 Å². The van der Waals surface area contributed by atoms with Gasteiger partial charge in [-0.15, -0.1) is 16.4 Å². The van der Waals surface area contributed by atoms with E-state index in [1.165, 1.54) is 22.9 Å². The molecule has 3 rings (SSSR count). The van der Waals surface area contributed by atoms with Crippen molar-refractivity contribution in [2.24, 2.45) is 0 Å². The van der Waals surface area contributed by atoms with Crippen LogP contribution in [0, 0.1) is 13.8 Å². The molecule has 1 amide bonds. The third-order valence-corrected chi connectivity index (χ3v) is 5.83. The molecule has 0 saturated heterocycles. The molecule has 6 nitrogen and oxygen atoms in total. The minimum Gasteiger partial charge on any atom is -0.348 e. The fourth-order valence-electron chi connectivity index (χ4n) is 2.31. The number of thiophene rings is 1. The van der Waals surface area contributed by atoms with Crippen molar-refractivity contribution in [1.82, 2.24) is 25.5 Å². The lowest BCUT2D eigenvalue weighted by molar-refractivity contribution is -0.119. The van der Waals surface area contributed by atoms with Crippen LogP contribution in [-0.4, -0.2) is 31.9 Å². The molecule has 1 atom stereocenters. The molecule has 1 N–H and O–H groups in total. The maximum atomic E-state index is 12.2. The first-order valence-electron chi connectivity index (χ1n) is 7.86. The van der Waals surface area contributed by atoms with Crippen molar-refractivity contribution in [3.8, 4) is 5.69 Å². The Balaban J connectivity index is 1.63. The number of hydrogen-bond acceptors (Lipinski definition) is 6. The van der Waals surface area contributed by atoms with Gasteiger partial charge in [0.1, 0.15) is 0 Å². The van der Waals surface area contributed by atoms with Gasteiger partial charge in [-0.2, -0.15) is 4.68 Å². The Morgan fingerprint density at radius 2 is 2.16 bits per heavy atom. The molecule has 1 aromatic carbocycles. The number of nitrogens with one attached hydrogen (secondary N) is 1. The van der Waals surface area contributed by atoms with Gasteiger partial charge in [0, 0.05) is 4.88 Å². The van der Waals surface area contributed by atoms with Crippen molar-refractivity contribution in [3.05, 3.63) is 51.7 Å². The monoisotopic (exact) mass is 373 g/mol. The van der Waals surface area contributed by atoms with Crippen LogP contribution in [0.5, 0.6) is 0 Å². The topological polar surface area (TPSA) is 72.7 Å². The highest BCUT2D eigenvalue weighted by Gasteiger charge is 2.14. The normalized spacial score (nSPS) is 12.1. The number of amides is 1. The Bertz CT molecular complexity index is 860. The number of rotatable bonds is 6. The van der Waals surface area contributed by atoms with Gasteiger partial charge in [0.25, 0.3) is 0 Å². The van der Waals surface area contributed by atoms with Crippen molar-refractivity contribution >= 4 is 29.0 Å². The summed E-state index contributed by atoms with van der Waals surface area (Å²) in [5.41, 5.74) is 3.28. The summed E-state index contributed by atoms with van der Waals surface area (Å²) in [5.74, 6) is 0.224. The van der Waals surface area contributed by atoms with E-state index in [2.05, 4.69) is 34.7 Å². The van der Waals surface area contributed by atoms with Gasteiger partial charge in [0.2, 0.25) is 11.1 Å². The van der Waals surface area contributed by atoms with Crippen molar-refractivity contribution < 1.29 is 4.79 Å². The van der Waals surface area contributed by atoms with Crippen LogP contribution >= 0.6 is 23.1 Å². The van der Waals surface area contributed by atoms with Crippen LogP contribution in [-0.2, 0) is 4.79 Å². The number of carbonyl (C=O) groups excluding carboxylic acids is 1. The van der Waals surface area contributed by atoms with E-state index in [0.717, 1.165) is 10.6 Å². The van der Waals surface area contributed by atoms with Crippen LogP contribution in [0.2, 0.25) is 0 Å². The zero-order valence-electron chi connectivity index (χ0n) is 14.3. The molecule has 0 radical (unpaired) electrons. The van der Waals surface area contributed by atoms with Crippen molar-refractivity contribution in [2.75, 3.05) is 5.75 Å². The van der Waals surface area contributed by atoms with E-state index in [0.29, 0.717) is 5.16 Å². The molecule has 130 valence electrons. The fraction of sp³-hybridized carbons (Fsp3) is 0.294. The molecule has 8 heteroatoms. The van der Waals surface area contributed by atoms with Gasteiger partial charge in [0.15, 0.2) is 0 Å². The number of aryl methyl sites for hydroxylation is 2. The van der Waals surface area contributed by atoms with Gasteiger partial charge in [0.05, 0.1) is 17.5 Å². The van der Waals surface area contributed by atoms with Crippen LogP contribution < -0.4 is 5.32 Å². The third kappa shape index (κ3) is 4.26. The molecule has 3 aromatic rings. The summed E-state index contributed by atoms with van der Waals surface area (Å²) in [6.45, 7) is 6.09. The number of benzene rings is 1. The molecule has 0 fully saturated rings. The molecule has 0 aliphatic rings. The van der Waals surface area contributed by atoms with E-state index in [9.17, 15) is 4.79 Å². The second kappa shape index (κ2) is 7.79. The summed E-state index contributed by atoms with van der Waals surface area (Å²) in [7, 11) is 0. The minimum absolute atomic E-state index is 0.00356. The highest BCUT2D eigenvalue weighted by Crippen LogP contribution is 2.21. The average molecular weight is 374 g/mol. The van der Waals surface area contributed by atoms with Crippen LogP contribution in [0.1, 0.15) is 29.0 Å². The first-order valence-corrected chi connectivity index (χ1v) is 9.72. The molecule has 0 aliphatic heterocycles. The Morgan fingerprint density at radius 3 is 2.88 bits per heavy atom. The Morgan fingerprint density at radius 1 is 1.32 bits per heavy atom. The lowest BCUT2D eigenvalue weighted by Crippen LogP contribution is -2.27. The number of carbonyl (C=O) groups is 1. The van der Waals surface area contributed by atoms with Crippen molar-refractivity contribution in [1.29, 1.82) is 0 Å². The molecule has 0 spiro atoms. The predicted octanol–water partition coefficient (Wildman–Crippen LogP) is 3.31. The van der Waals surface area contributed by atoms with Crippen LogP contribution in [0.4, 0.5) is 0 Å². The molecule has 0 unspecified atom stereocenters. The summed E-state index contributed by atoms with van der Waals surface area (Å²) in [6, 6.07) is 10.0. The average Bonchev–Trinajstić information content (AvgIpc) is 3.27. The lowest BCUT2D eigenvalue weighted by atomic mass is 10.1. The van der Waals surface area contributed by atoms with Gasteiger partial charge in [-0.3, -0.25) is 4.79 Å². The second-order valence-corrected chi connectivity index (χ2v) is 7.66. The molecule has 0 bridgehead atoms. The van der Waals surface area contributed by atoms with E-state index in [-0.39, 0.29) is 17.7 Å². The smallest absolute Gasteiger partial charge is 0.230 e. The number of tetrazole rings is 1. The fourth-order valence-corrected chi connectivity index (χ4v) is 3.75. The van der Waals surface area contributed by atoms with Gasteiger partial charge < -0.3 is 5.32 Å².